The zero-order chi connectivity index (χ0) is 9.73. The fourth-order valence-electron chi connectivity index (χ4n) is 1.73. The van der Waals surface area contributed by atoms with Crippen molar-refractivity contribution in [2.24, 2.45) is 11.1 Å². The molecule has 78 valence electrons. The van der Waals surface area contributed by atoms with Crippen molar-refractivity contribution in [3.05, 3.63) is 0 Å². The summed E-state index contributed by atoms with van der Waals surface area (Å²) in [6.45, 7) is 6.63. The second kappa shape index (κ2) is 4.94. The Morgan fingerprint density at radius 2 is 2.00 bits per heavy atom. The van der Waals surface area contributed by atoms with E-state index in [-0.39, 0.29) is 11.7 Å². The average Bonchev–Trinajstić information content (AvgIpc) is 2.67. The lowest BCUT2D eigenvalue weighted by molar-refractivity contribution is -0.131. The van der Waals surface area contributed by atoms with Gasteiger partial charge in [0.1, 0.15) is 0 Å². The summed E-state index contributed by atoms with van der Waals surface area (Å²) in [4.78, 5) is 0. The maximum atomic E-state index is 5.54. The molecule has 0 unspecified atom stereocenters. The van der Waals surface area contributed by atoms with E-state index in [2.05, 4.69) is 13.8 Å². The third-order valence-corrected chi connectivity index (χ3v) is 2.95. The molecule has 0 bridgehead atoms. The van der Waals surface area contributed by atoms with Gasteiger partial charge in [-0.25, -0.2) is 0 Å². The molecule has 1 aliphatic heterocycles. The van der Waals surface area contributed by atoms with Crippen molar-refractivity contribution >= 4 is 0 Å². The Hall–Kier alpha value is -0.120. The molecule has 3 nitrogen and oxygen atoms in total. The molecule has 0 aromatic heterocycles. The SMILES string of the molecule is CC[C@@](C)(CCCN)C1OCCO1. The van der Waals surface area contributed by atoms with Gasteiger partial charge in [0, 0.05) is 5.41 Å². The molecule has 1 saturated heterocycles. The van der Waals surface area contributed by atoms with Crippen LogP contribution in [-0.4, -0.2) is 26.0 Å². The number of ether oxygens (including phenoxy) is 2. The lowest BCUT2D eigenvalue weighted by atomic mass is 9.82. The van der Waals surface area contributed by atoms with Crippen LogP contribution in [0, 0.1) is 5.41 Å². The van der Waals surface area contributed by atoms with Gasteiger partial charge in [0.25, 0.3) is 0 Å². The molecular weight excluding hydrogens is 166 g/mol. The topological polar surface area (TPSA) is 44.5 Å². The molecule has 1 heterocycles. The first kappa shape index (κ1) is 11.0. The summed E-state index contributed by atoms with van der Waals surface area (Å²) in [5.41, 5.74) is 5.66. The quantitative estimate of drug-likeness (QED) is 0.709. The largest absolute Gasteiger partial charge is 0.350 e. The van der Waals surface area contributed by atoms with Crippen molar-refractivity contribution in [2.45, 2.75) is 39.4 Å². The van der Waals surface area contributed by atoms with Crippen molar-refractivity contribution in [3.8, 4) is 0 Å². The second-order valence-electron chi connectivity index (χ2n) is 3.97. The second-order valence-corrected chi connectivity index (χ2v) is 3.97. The van der Waals surface area contributed by atoms with E-state index in [0.717, 1.165) is 39.0 Å². The Morgan fingerprint density at radius 1 is 1.38 bits per heavy atom. The standard InChI is InChI=1S/C10H21NO2/c1-3-10(2,5-4-6-11)9-12-7-8-13-9/h9H,3-8,11H2,1-2H3/t10-/m0/s1. The summed E-state index contributed by atoms with van der Waals surface area (Å²) in [5, 5.41) is 0. The first-order chi connectivity index (χ1) is 6.23. The summed E-state index contributed by atoms with van der Waals surface area (Å²) in [5.74, 6) is 0. The van der Waals surface area contributed by atoms with Crippen LogP contribution < -0.4 is 5.73 Å². The van der Waals surface area contributed by atoms with E-state index in [1.54, 1.807) is 0 Å². The zero-order valence-corrected chi connectivity index (χ0v) is 8.71. The predicted octanol–water partition coefficient (Wildman–Crippen LogP) is 1.51. The van der Waals surface area contributed by atoms with E-state index >= 15 is 0 Å². The highest BCUT2D eigenvalue weighted by molar-refractivity contribution is 4.78. The van der Waals surface area contributed by atoms with Crippen molar-refractivity contribution in [1.82, 2.24) is 0 Å². The van der Waals surface area contributed by atoms with E-state index in [4.69, 9.17) is 15.2 Å². The number of rotatable bonds is 5. The van der Waals surface area contributed by atoms with Crippen molar-refractivity contribution < 1.29 is 9.47 Å². The first-order valence-electron chi connectivity index (χ1n) is 5.16. The van der Waals surface area contributed by atoms with Crippen molar-refractivity contribution in [2.75, 3.05) is 19.8 Å². The average molecular weight is 187 g/mol. The Labute approximate surface area is 80.6 Å². The predicted molar refractivity (Wildman–Crippen MR) is 52.4 cm³/mol. The molecule has 0 spiro atoms. The minimum atomic E-state index is -0.0101. The van der Waals surface area contributed by atoms with Gasteiger partial charge < -0.3 is 15.2 Å². The van der Waals surface area contributed by atoms with Gasteiger partial charge in [-0.05, 0) is 25.8 Å². The maximum absolute atomic E-state index is 5.54. The molecule has 0 amide bonds. The van der Waals surface area contributed by atoms with Gasteiger partial charge in [-0.3, -0.25) is 0 Å². The molecule has 1 rings (SSSR count). The van der Waals surface area contributed by atoms with Crippen LogP contribution in [0.3, 0.4) is 0 Å². The monoisotopic (exact) mass is 187 g/mol. The molecule has 0 aliphatic carbocycles. The van der Waals surface area contributed by atoms with Crippen molar-refractivity contribution in [3.63, 3.8) is 0 Å². The molecule has 0 saturated carbocycles. The zero-order valence-electron chi connectivity index (χ0n) is 8.71. The van der Waals surface area contributed by atoms with Crippen LogP contribution >= 0.6 is 0 Å². The lowest BCUT2D eigenvalue weighted by Crippen LogP contribution is -2.33. The Morgan fingerprint density at radius 3 is 2.46 bits per heavy atom. The minimum absolute atomic E-state index is 0.0101. The summed E-state index contributed by atoms with van der Waals surface area (Å²) < 4.78 is 11.1. The summed E-state index contributed by atoms with van der Waals surface area (Å²) in [6, 6.07) is 0. The van der Waals surface area contributed by atoms with E-state index < -0.39 is 0 Å². The summed E-state index contributed by atoms with van der Waals surface area (Å²) in [7, 11) is 0. The van der Waals surface area contributed by atoms with Gasteiger partial charge in [-0.15, -0.1) is 0 Å². The fourth-order valence-corrected chi connectivity index (χ4v) is 1.73. The van der Waals surface area contributed by atoms with Crippen LogP contribution in [0.4, 0.5) is 0 Å². The lowest BCUT2D eigenvalue weighted by Gasteiger charge is -2.32. The molecule has 1 aliphatic rings. The Balaban J connectivity index is 2.45. The molecule has 1 atom stereocenters. The molecule has 0 radical (unpaired) electrons. The molecular formula is C10H21NO2. The van der Waals surface area contributed by atoms with E-state index in [1.807, 2.05) is 0 Å². The Kier molecular flexibility index (Phi) is 4.16. The van der Waals surface area contributed by atoms with E-state index in [9.17, 15) is 0 Å². The maximum Gasteiger partial charge on any atom is 0.163 e. The Bertz CT molecular complexity index is 146. The fraction of sp³-hybridized carbons (Fsp3) is 1.00. The highest BCUT2D eigenvalue weighted by atomic mass is 16.7. The van der Waals surface area contributed by atoms with Gasteiger partial charge >= 0.3 is 0 Å². The molecule has 1 fully saturated rings. The van der Waals surface area contributed by atoms with Crippen LogP contribution in [0.2, 0.25) is 0 Å². The van der Waals surface area contributed by atoms with Crippen LogP contribution in [0.5, 0.6) is 0 Å². The van der Waals surface area contributed by atoms with Crippen molar-refractivity contribution in [1.29, 1.82) is 0 Å². The van der Waals surface area contributed by atoms with Crippen LogP contribution in [0.1, 0.15) is 33.1 Å². The third kappa shape index (κ3) is 2.66. The van der Waals surface area contributed by atoms with E-state index in [1.165, 1.54) is 0 Å². The smallest absolute Gasteiger partial charge is 0.163 e. The molecule has 13 heavy (non-hydrogen) atoms. The molecule has 0 aromatic rings. The highest BCUT2D eigenvalue weighted by Gasteiger charge is 2.36. The van der Waals surface area contributed by atoms with Crippen LogP contribution in [-0.2, 0) is 9.47 Å². The van der Waals surface area contributed by atoms with Gasteiger partial charge in [0.05, 0.1) is 13.2 Å². The third-order valence-electron chi connectivity index (χ3n) is 2.95. The van der Waals surface area contributed by atoms with Gasteiger partial charge in [0.2, 0.25) is 0 Å². The molecule has 2 N–H and O–H groups in total. The summed E-state index contributed by atoms with van der Waals surface area (Å²) in [6.07, 6.45) is 3.21. The number of hydrogen-bond acceptors (Lipinski definition) is 3. The number of nitrogens with two attached hydrogens (primary N) is 1. The van der Waals surface area contributed by atoms with Crippen LogP contribution in [0.15, 0.2) is 0 Å². The van der Waals surface area contributed by atoms with Crippen LogP contribution in [0.25, 0.3) is 0 Å². The summed E-state index contributed by atoms with van der Waals surface area (Å²) >= 11 is 0. The highest BCUT2D eigenvalue weighted by Crippen LogP contribution is 2.35. The van der Waals surface area contributed by atoms with Gasteiger partial charge in [0.15, 0.2) is 6.29 Å². The number of hydrogen-bond donors (Lipinski definition) is 1. The van der Waals surface area contributed by atoms with E-state index in [0.29, 0.717) is 0 Å². The van der Waals surface area contributed by atoms with Gasteiger partial charge in [-0.2, -0.15) is 0 Å². The molecule has 0 aromatic carbocycles. The first-order valence-corrected chi connectivity index (χ1v) is 5.16. The molecule has 3 heteroatoms. The van der Waals surface area contributed by atoms with Gasteiger partial charge in [-0.1, -0.05) is 13.8 Å². The normalized spacial score (nSPS) is 23.3. The minimum Gasteiger partial charge on any atom is -0.350 e.